The number of nitrogens with zero attached hydrogens (tertiary/aromatic N) is 2. The molecule has 2 aliphatic heterocycles. The van der Waals surface area contributed by atoms with Crippen molar-refractivity contribution < 1.29 is 24.1 Å². The van der Waals surface area contributed by atoms with Crippen LogP contribution in [-0.4, -0.2) is 64.3 Å². The summed E-state index contributed by atoms with van der Waals surface area (Å²) in [6, 6.07) is 9.53. The topological polar surface area (TPSA) is 85.3 Å². The third-order valence-corrected chi connectivity index (χ3v) is 7.66. The first-order valence-electron chi connectivity index (χ1n) is 13.5. The fraction of sp³-hybridized carbons (Fsp3) is 0.452. The molecular weight excluding hydrogens is 497 g/mol. The molecule has 2 aromatic rings. The quantitative estimate of drug-likeness (QED) is 0.298. The van der Waals surface area contributed by atoms with Gasteiger partial charge in [-0.2, -0.15) is 0 Å². The van der Waals surface area contributed by atoms with E-state index in [-0.39, 0.29) is 36.1 Å². The molecule has 210 valence electrons. The number of carbonyl (C=O) groups excluding carboxylic acids is 1. The number of nitrogens with one attached hydrogen (secondary N) is 1. The minimum atomic E-state index is -2.46. The Bertz CT molecular complexity index is 1220. The van der Waals surface area contributed by atoms with Crippen LogP contribution in [0.5, 0.6) is 0 Å². The van der Waals surface area contributed by atoms with Gasteiger partial charge in [-0.25, -0.2) is 4.39 Å². The van der Waals surface area contributed by atoms with Gasteiger partial charge < -0.3 is 25.2 Å². The van der Waals surface area contributed by atoms with Crippen LogP contribution in [0.25, 0.3) is 0 Å². The van der Waals surface area contributed by atoms with Gasteiger partial charge >= 0.3 is 0 Å². The molecule has 1 saturated heterocycles. The van der Waals surface area contributed by atoms with Crippen molar-refractivity contribution in [2.75, 3.05) is 20.1 Å². The lowest BCUT2D eigenvalue weighted by atomic mass is 9.92. The van der Waals surface area contributed by atoms with Gasteiger partial charge in [0.05, 0.1) is 18.2 Å². The minimum absolute atomic E-state index is 0.0914. The molecule has 2 aromatic carbocycles. The summed E-state index contributed by atoms with van der Waals surface area (Å²) in [6.07, 6.45) is 3.04. The molecule has 2 heterocycles. The van der Waals surface area contributed by atoms with Crippen LogP contribution in [0, 0.1) is 5.82 Å². The number of benzene rings is 2. The number of hydrogen-bond acceptors (Lipinski definition) is 6. The molecule has 0 radical (unpaired) electrons. The maximum absolute atomic E-state index is 15.0. The molecule has 0 saturated carbocycles. The Morgan fingerprint density at radius 1 is 1.26 bits per heavy atom. The SMILES string of the molecule is C=CC(CCC(=C)NC)N1Cc2c(CC(O)(O)c3cc(CN4CC(C)OC(C)C4)ccc3F)cccc2C1=O. The van der Waals surface area contributed by atoms with E-state index in [4.69, 9.17) is 4.74 Å². The number of ether oxygens (including phenoxy) is 1. The highest BCUT2D eigenvalue weighted by Gasteiger charge is 2.36. The standard InChI is InChI=1S/C31H40FN3O4/c1-6-25(12-10-20(2)33-5)35-19-27-24(8-7-9-26(27)30(35)36)15-31(37,38)28-14-23(11-13-29(28)32)18-34-16-21(3)39-22(4)17-34/h6-9,11,13-14,21-22,25,33,37-38H,1-2,10,12,15-19H2,3-5H3. The van der Waals surface area contributed by atoms with E-state index in [2.05, 4.69) is 23.4 Å². The van der Waals surface area contributed by atoms with Gasteiger partial charge in [0, 0.05) is 56.5 Å². The van der Waals surface area contributed by atoms with Crippen molar-refractivity contribution in [1.29, 1.82) is 0 Å². The Kier molecular flexibility index (Phi) is 8.91. The summed E-state index contributed by atoms with van der Waals surface area (Å²) in [5.74, 6) is -3.27. The molecule has 0 aliphatic carbocycles. The average molecular weight is 538 g/mol. The number of hydrogen-bond donors (Lipinski definition) is 3. The van der Waals surface area contributed by atoms with Crippen LogP contribution in [0.4, 0.5) is 4.39 Å². The third kappa shape index (κ3) is 6.58. The number of allylic oxidation sites excluding steroid dienone is 1. The maximum atomic E-state index is 15.0. The van der Waals surface area contributed by atoms with Gasteiger partial charge in [-0.3, -0.25) is 9.69 Å². The molecule has 39 heavy (non-hydrogen) atoms. The molecule has 0 bridgehead atoms. The number of amides is 1. The fourth-order valence-corrected chi connectivity index (χ4v) is 5.71. The zero-order valence-corrected chi connectivity index (χ0v) is 23.1. The van der Waals surface area contributed by atoms with Crippen molar-refractivity contribution in [1.82, 2.24) is 15.1 Å². The smallest absolute Gasteiger partial charge is 0.255 e. The lowest BCUT2D eigenvalue weighted by Gasteiger charge is -2.35. The maximum Gasteiger partial charge on any atom is 0.255 e. The highest BCUT2D eigenvalue weighted by Crippen LogP contribution is 2.34. The number of aliphatic hydroxyl groups is 2. The molecule has 0 spiro atoms. The summed E-state index contributed by atoms with van der Waals surface area (Å²) in [4.78, 5) is 17.2. The summed E-state index contributed by atoms with van der Waals surface area (Å²) in [5.41, 5.74) is 3.32. The lowest BCUT2D eigenvalue weighted by Crippen LogP contribution is -2.44. The molecule has 0 aromatic heterocycles. The van der Waals surface area contributed by atoms with Gasteiger partial charge in [0.25, 0.3) is 5.91 Å². The zero-order valence-electron chi connectivity index (χ0n) is 23.1. The molecule has 2 aliphatic rings. The molecule has 1 fully saturated rings. The van der Waals surface area contributed by atoms with Gasteiger partial charge in [-0.15, -0.1) is 6.58 Å². The van der Waals surface area contributed by atoms with E-state index in [0.717, 1.165) is 29.9 Å². The van der Waals surface area contributed by atoms with Crippen LogP contribution in [0.3, 0.4) is 0 Å². The monoisotopic (exact) mass is 537 g/mol. The first-order chi connectivity index (χ1) is 18.5. The van der Waals surface area contributed by atoms with Gasteiger partial charge in [-0.1, -0.05) is 30.9 Å². The summed E-state index contributed by atoms with van der Waals surface area (Å²) >= 11 is 0. The van der Waals surface area contributed by atoms with Gasteiger partial charge in [-0.05, 0) is 61.6 Å². The Balaban J connectivity index is 1.54. The first-order valence-corrected chi connectivity index (χ1v) is 13.5. The van der Waals surface area contributed by atoms with E-state index in [1.54, 1.807) is 35.2 Å². The van der Waals surface area contributed by atoms with Gasteiger partial charge in [0.15, 0.2) is 5.79 Å². The first kappa shape index (κ1) is 29.0. The van der Waals surface area contributed by atoms with Gasteiger partial charge in [0.2, 0.25) is 0 Å². The Labute approximate surface area is 230 Å². The third-order valence-electron chi connectivity index (χ3n) is 7.66. The number of carbonyl (C=O) groups is 1. The number of halogens is 1. The summed E-state index contributed by atoms with van der Waals surface area (Å²) in [6.45, 7) is 14.3. The number of morpholine rings is 1. The molecule has 8 heteroatoms. The largest absolute Gasteiger partial charge is 0.392 e. The van der Waals surface area contributed by atoms with Crippen LogP contribution in [-0.2, 0) is 30.0 Å². The van der Waals surface area contributed by atoms with E-state index in [9.17, 15) is 19.4 Å². The highest BCUT2D eigenvalue weighted by molar-refractivity contribution is 5.99. The molecule has 1 amide bonds. The molecule has 7 nitrogen and oxygen atoms in total. The van der Waals surface area contributed by atoms with E-state index >= 15 is 0 Å². The van der Waals surface area contributed by atoms with E-state index in [0.29, 0.717) is 37.1 Å². The van der Waals surface area contributed by atoms with E-state index in [1.165, 1.54) is 12.1 Å². The van der Waals surface area contributed by atoms with Crippen molar-refractivity contribution in [2.24, 2.45) is 0 Å². The van der Waals surface area contributed by atoms with Gasteiger partial charge in [0.1, 0.15) is 5.82 Å². The van der Waals surface area contributed by atoms with Crippen LogP contribution in [0.2, 0.25) is 0 Å². The molecule has 3 atom stereocenters. The Morgan fingerprint density at radius 2 is 1.97 bits per heavy atom. The van der Waals surface area contributed by atoms with Crippen LogP contribution in [0.15, 0.2) is 61.3 Å². The second-order valence-electron chi connectivity index (χ2n) is 10.8. The van der Waals surface area contributed by atoms with Crippen molar-refractivity contribution in [3.05, 3.63) is 95.0 Å². The normalized spacial score (nSPS) is 20.6. The van der Waals surface area contributed by atoms with E-state index < -0.39 is 11.6 Å². The number of fused-ring (bicyclic) bond motifs is 1. The van der Waals surface area contributed by atoms with Crippen LogP contribution < -0.4 is 5.32 Å². The van der Waals surface area contributed by atoms with Crippen molar-refractivity contribution in [3.8, 4) is 0 Å². The van der Waals surface area contributed by atoms with Crippen molar-refractivity contribution in [2.45, 2.75) is 70.2 Å². The highest BCUT2D eigenvalue weighted by atomic mass is 19.1. The van der Waals surface area contributed by atoms with Crippen molar-refractivity contribution >= 4 is 5.91 Å². The predicted octanol–water partition coefficient (Wildman–Crippen LogP) is 3.84. The van der Waals surface area contributed by atoms with E-state index in [1.807, 2.05) is 20.9 Å². The van der Waals surface area contributed by atoms with Crippen molar-refractivity contribution in [3.63, 3.8) is 0 Å². The average Bonchev–Trinajstić information content (AvgIpc) is 3.22. The predicted molar refractivity (Wildman–Crippen MR) is 149 cm³/mol. The zero-order chi connectivity index (χ0) is 28.3. The molecular formula is C31H40FN3O4. The molecule has 3 N–H and O–H groups in total. The summed E-state index contributed by atoms with van der Waals surface area (Å²) < 4.78 is 20.8. The van der Waals surface area contributed by atoms with Crippen LogP contribution in [0.1, 0.15) is 59.3 Å². The summed E-state index contributed by atoms with van der Waals surface area (Å²) in [7, 11) is 1.81. The molecule has 3 unspecified atom stereocenters. The fourth-order valence-electron chi connectivity index (χ4n) is 5.71. The second kappa shape index (κ2) is 12.0. The Morgan fingerprint density at radius 3 is 2.64 bits per heavy atom. The van der Waals surface area contributed by atoms with Crippen LogP contribution >= 0.6 is 0 Å². The number of rotatable bonds is 11. The Hall–Kier alpha value is -3.04. The lowest BCUT2D eigenvalue weighted by molar-refractivity contribution is -0.170. The summed E-state index contributed by atoms with van der Waals surface area (Å²) in [5, 5.41) is 25.4. The minimum Gasteiger partial charge on any atom is -0.392 e. The molecule has 4 rings (SSSR count). The second-order valence-corrected chi connectivity index (χ2v) is 10.8.